The van der Waals surface area contributed by atoms with Crippen LogP contribution in [0.4, 0.5) is 0 Å². The molecule has 0 radical (unpaired) electrons. The average molecular weight is 730 g/mol. The van der Waals surface area contributed by atoms with Crippen molar-refractivity contribution in [2.24, 2.45) is 0 Å². The van der Waals surface area contributed by atoms with E-state index in [-0.39, 0.29) is 5.95 Å². The lowest BCUT2D eigenvalue weighted by atomic mass is 10.0. The Hall–Kier alpha value is -7.63. The Labute approximate surface area is 343 Å². The second kappa shape index (κ2) is 13.0. The highest BCUT2D eigenvalue weighted by atomic mass is 15.2. The van der Waals surface area contributed by atoms with Crippen LogP contribution in [0.2, 0.25) is 0 Å². The van der Waals surface area contributed by atoms with E-state index in [0.717, 1.165) is 49.4 Å². The fourth-order valence-electron chi connectivity index (χ4n) is 7.40. The Bertz CT molecular complexity index is 3970. The molecule has 0 aliphatic heterocycles. The van der Waals surface area contributed by atoms with Crippen molar-refractivity contribution in [3.05, 3.63) is 200 Å². The molecule has 56 heavy (non-hydrogen) atoms. The van der Waals surface area contributed by atoms with Gasteiger partial charge in [0.05, 0.1) is 41.3 Å². The first-order valence-electron chi connectivity index (χ1n) is 24.7. The highest BCUT2D eigenvalue weighted by Gasteiger charge is 2.23. The lowest BCUT2D eigenvalue weighted by Crippen LogP contribution is -2.06. The molecule has 0 atom stereocenters. The number of aromatic nitrogens is 5. The number of para-hydroxylation sites is 2. The van der Waals surface area contributed by atoms with Crippen LogP contribution in [-0.2, 0) is 0 Å². The van der Waals surface area contributed by atoms with Gasteiger partial charge in [0.25, 0.3) is 0 Å². The number of hydrogen-bond donors (Lipinski definition) is 0. The Morgan fingerprint density at radius 1 is 0.357 bits per heavy atom. The second-order valence-electron chi connectivity index (χ2n) is 13.0. The molecule has 0 unspecified atom stereocenters. The maximum atomic E-state index is 9.35. The summed E-state index contributed by atoms with van der Waals surface area (Å²) in [5.41, 5.74) is 3.92. The topological polar surface area (TPSA) is 48.5 Å². The van der Waals surface area contributed by atoms with Crippen LogP contribution < -0.4 is 0 Å². The predicted octanol–water partition coefficient (Wildman–Crippen LogP) is 12.7. The van der Waals surface area contributed by atoms with Gasteiger partial charge in [0.1, 0.15) is 0 Å². The normalized spacial score (nSPS) is 15.1. The minimum Gasteiger partial charge on any atom is -0.309 e. The van der Waals surface area contributed by atoms with Gasteiger partial charge in [-0.1, -0.05) is 170 Å². The Morgan fingerprint density at radius 2 is 0.893 bits per heavy atom. The predicted molar refractivity (Wildman–Crippen MR) is 230 cm³/mol. The van der Waals surface area contributed by atoms with E-state index < -0.39 is 118 Å². The van der Waals surface area contributed by atoms with Gasteiger partial charge in [-0.2, -0.15) is 9.97 Å². The average Bonchev–Trinajstić information content (AvgIpc) is 3.90. The molecule has 262 valence electrons. The molecular weight excluding hydrogens is 683 g/mol. The first-order valence-corrected chi connectivity index (χ1v) is 17.7. The molecule has 3 heterocycles. The van der Waals surface area contributed by atoms with Gasteiger partial charge in [-0.15, -0.1) is 0 Å². The Balaban J connectivity index is 1.24. The molecule has 5 nitrogen and oxygen atoms in total. The summed E-state index contributed by atoms with van der Waals surface area (Å²) in [5.74, 6) is -1.04. The van der Waals surface area contributed by atoms with E-state index in [1.165, 1.54) is 0 Å². The third-order valence-corrected chi connectivity index (χ3v) is 9.85. The molecule has 0 spiro atoms. The van der Waals surface area contributed by atoms with Crippen molar-refractivity contribution < 1.29 is 19.2 Å². The summed E-state index contributed by atoms with van der Waals surface area (Å²) < 4.78 is 126. The maximum Gasteiger partial charge on any atom is 0.238 e. The minimum absolute atomic E-state index is 0.152. The lowest BCUT2D eigenvalue weighted by Gasteiger charge is -2.12. The van der Waals surface area contributed by atoms with Crippen molar-refractivity contribution in [1.29, 1.82) is 0 Å². The minimum atomic E-state index is -0.760. The molecule has 0 N–H and O–H groups in total. The molecule has 5 heteroatoms. The molecule has 0 bridgehead atoms. The first-order chi connectivity index (χ1) is 33.6. The number of nitrogens with zero attached hydrogens (tertiary/aromatic N) is 5. The molecule has 8 aromatic carbocycles. The zero-order valence-electron chi connectivity index (χ0n) is 43.2. The molecule has 0 fully saturated rings. The van der Waals surface area contributed by atoms with Gasteiger partial charge < -0.3 is 4.57 Å². The zero-order chi connectivity index (χ0) is 49.2. The van der Waals surface area contributed by atoms with Crippen molar-refractivity contribution >= 4 is 43.6 Å². The zero-order valence-corrected chi connectivity index (χ0v) is 29.2. The van der Waals surface area contributed by atoms with E-state index >= 15 is 0 Å². The van der Waals surface area contributed by atoms with Crippen LogP contribution in [0.1, 0.15) is 19.2 Å². The quantitative estimate of drug-likeness (QED) is 0.171. The van der Waals surface area contributed by atoms with Crippen molar-refractivity contribution in [1.82, 2.24) is 24.1 Å². The second-order valence-corrected chi connectivity index (χ2v) is 13.0. The first kappa shape index (κ1) is 20.7. The lowest BCUT2D eigenvalue weighted by molar-refractivity contribution is 0.955. The summed E-state index contributed by atoms with van der Waals surface area (Å²) in [7, 11) is 0. The largest absolute Gasteiger partial charge is 0.309 e. The third kappa shape index (κ3) is 5.21. The number of benzene rings is 8. The number of hydrogen-bond acceptors (Lipinski definition) is 3. The summed E-state index contributed by atoms with van der Waals surface area (Å²) in [6, 6.07) is 27.8. The van der Waals surface area contributed by atoms with Gasteiger partial charge in [-0.3, -0.25) is 4.57 Å². The molecule has 11 rings (SSSR count). The van der Waals surface area contributed by atoms with E-state index in [2.05, 4.69) is 33.8 Å². The fourth-order valence-corrected chi connectivity index (χ4v) is 7.40. The van der Waals surface area contributed by atoms with Gasteiger partial charge in [0, 0.05) is 38.4 Å². The van der Waals surface area contributed by atoms with Crippen molar-refractivity contribution in [3.8, 4) is 56.7 Å². The van der Waals surface area contributed by atoms with Gasteiger partial charge >= 0.3 is 0 Å². The Morgan fingerprint density at radius 3 is 1.59 bits per heavy atom. The molecule has 3 aromatic heterocycles. The summed E-state index contributed by atoms with van der Waals surface area (Å²) in [5, 5.41) is 3.21. The summed E-state index contributed by atoms with van der Waals surface area (Å²) in [6.07, 6.45) is 0. The number of fused-ring (bicyclic) bond motifs is 7. The van der Waals surface area contributed by atoms with Crippen LogP contribution in [-0.4, -0.2) is 24.1 Å². The fraction of sp³-hybridized carbons (Fsp3) is 0. The molecule has 0 aliphatic carbocycles. The smallest absolute Gasteiger partial charge is 0.238 e. The van der Waals surface area contributed by atoms with Crippen LogP contribution in [0.5, 0.6) is 0 Å². The van der Waals surface area contributed by atoms with Gasteiger partial charge in [-0.25, -0.2) is 4.98 Å². The van der Waals surface area contributed by atoms with Crippen LogP contribution in [0.25, 0.3) is 100 Å². The monoisotopic (exact) mass is 729 g/mol. The van der Waals surface area contributed by atoms with Crippen LogP contribution in [0.3, 0.4) is 0 Å². The van der Waals surface area contributed by atoms with E-state index in [4.69, 9.17) is 23.7 Å². The molecule has 11 aromatic rings. The van der Waals surface area contributed by atoms with Crippen LogP contribution in [0, 0.1) is 0 Å². The standard InChI is InChI=1S/C51H33N5/c1-4-14-34(15-5-1)36-24-26-39(27-25-36)50-52-49(38-18-8-3-9-19-38)53-51(54-50)56-44-22-12-10-20-41(44)42-32-33-46-47(48(42)56)43-21-11-13-23-45(43)55(46)40-30-28-37(29-31-40)35-16-6-2-7-17-35/h1-33H/i1D,3D,4D,5D,8D,9D,14D,15D,18D,19D,24D,25D,26D,27D. The molecule has 0 saturated heterocycles. The van der Waals surface area contributed by atoms with E-state index in [0.29, 0.717) is 11.0 Å². The van der Waals surface area contributed by atoms with Crippen molar-refractivity contribution in [2.45, 2.75) is 0 Å². The van der Waals surface area contributed by atoms with E-state index in [1.807, 2.05) is 91.0 Å². The maximum absolute atomic E-state index is 9.35. The molecule has 0 saturated carbocycles. The van der Waals surface area contributed by atoms with E-state index in [1.54, 1.807) is 4.57 Å². The Kier molecular flexibility index (Phi) is 4.83. The molecular formula is C51H33N5. The van der Waals surface area contributed by atoms with Gasteiger partial charge in [-0.05, 0) is 52.6 Å². The van der Waals surface area contributed by atoms with Crippen molar-refractivity contribution in [2.75, 3.05) is 0 Å². The molecule has 0 aliphatic rings. The summed E-state index contributed by atoms with van der Waals surface area (Å²) in [4.78, 5) is 14.3. The van der Waals surface area contributed by atoms with Crippen LogP contribution in [0.15, 0.2) is 200 Å². The van der Waals surface area contributed by atoms with Crippen molar-refractivity contribution in [3.63, 3.8) is 0 Å². The highest BCUT2D eigenvalue weighted by molar-refractivity contribution is 6.26. The third-order valence-electron chi connectivity index (χ3n) is 9.85. The summed E-state index contributed by atoms with van der Waals surface area (Å²) in [6.45, 7) is 0. The van der Waals surface area contributed by atoms with Crippen LogP contribution >= 0.6 is 0 Å². The van der Waals surface area contributed by atoms with Gasteiger partial charge in [0.15, 0.2) is 11.6 Å². The SMILES string of the molecule is [2H]c1c([2H])c([2H])c(-c2nc(-c3c([2H])c([2H])c(-c4c([2H])c([2H])c([2H])c([2H])c4[2H])c([2H])c3[2H])nc(-n3c4ccccc4c4ccc5c(c6ccccc6n5-c5ccc(-c6ccccc6)cc5)c43)n2)c([2H])c1[2H]. The highest BCUT2D eigenvalue weighted by Crippen LogP contribution is 2.42. The summed E-state index contributed by atoms with van der Waals surface area (Å²) >= 11 is 0. The number of rotatable bonds is 6. The van der Waals surface area contributed by atoms with E-state index in [9.17, 15) is 5.48 Å². The van der Waals surface area contributed by atoms with Gasteiger partial charge in [0.2, 0.25) is 5.95 Å². The molecule has 0 amide bonds.